The second kappa shape index (κ2) is 5.97. The van der Waals surface area contributed by atoms with Crippen molar-refractivity contribution >= 4 is 0 Å². The fourth-order valence-corrected chi connectivity index (χ4v) is 3.36. The van der Waals surface area contributed by atoms with E-state index in [-0.39, 0.29) is 11.7 Å². The molecule has 1 heterocycles. The summed E-state index contributed by atoms with van der Waals surface area (Å²) in [6.07, 6.45) is 5.99. The quantitative estimate of drug-likeness (QED) is 0.705. The van der Waals surface area contributed by atoms with Crippen LogP contribution in [0.25, 0.3) is 0 Å². The zero-order valence-corrected chi connectivity index (χ0v) is 13.2. The smallest absolute Gasteiger partial charge is 0.160 e. The van der Waals surface area contributed by atoms with E-state index in [2.05, 4.69) is 40.7 Å². The summed E-state index contributed by atoms with van der Waals surface area (Å²) in [5, 5.41) is 0. The van der Waals surface area contributed by atoms with Gasteiger partial charge in [0, 0.05) is 11.3 Å². The first-order chi connectivity index (χ1) is 8.96. The van der Waals surface area contributed by atoms with Gasteiger partial charge >= 0.3 is 0 Å². The van der Waals surface area contributed by atoms with E-state index in [0.29, 0.717) is 17.8 Å². The average Bonchev–Trinajstić information content (AvgIpc) is 2.39. The van der Waals surface area contributed by atoms with Crippen molar-refractivity contribution < 1.29 is 9.47 Å². The zero-order valence-electron chi connectivity index (χ0n) is 13.2. The second-order valence-corrected chi connectivity index (χ2v) is 7.03. The molecule has 0 bridgehead atoms. The highest BCUT2D eigenvalue weighted by Crippen LogP contribution is 2.39. The summed E-state index contributed by atoms with van der Waals surface area (Å²) in [4.78, 5) is 0. The molecule has 2 aliphatic rings. The molecule has 2 nitrogen and oxygen atoms in total. The SMILES string of the molecule is CCC(C)C1(C)COC([C@H]2CCC(C)=C[C@@H]2C)OC1. The Balaban J connectivity index is 1.93. The molecule has 0 aromatic heterocycles. The topological polar surface area (TPSA) is 18.5 Å². The summed E-state index contributed by atoms with van der Waals surface area (Å²) in [7, 11) is 0. The van der Waals surface area contributed by atoms with Gasteiger partial charge in [-0.1, -0.05) is 45.8 Å². The van der Waals surface area contributed by atoms with Crippen molar-refractivity contribution in [1.29, 1.82) is 0 Å². The molecule has 0 spiro atoms. The van der Waals surface area contributed by atoms with Crippen LogP contribution >= 0.6 is 0 Å². The Kier molecular flexibility index (Phi) is 4.73. The molecule has 1 saturated heterocycles. The number of allylic oxidation sites excluding steroid dienone is 2. The van der Waals surface area contributed by atoms with Crippen molar-refractivity contribution in [3.63, 3.8) is 0 Å². The second-order valence-electron chi connectivity index (χ2n) is 7.03. The molecule has 0 amide bonds. The van der Waals surface area contributed by atoms with Gasteiger partial charge in [0.05, 0.1) is 13.2 Å². The fourth-order valence-electron chi connectivity index (χ4n) is 3.36. The zero-order chi connectivity index (χ0) is 14.0. The van der Waals surface area contributed by atoms with Gasteiger partial charge in [0.15, 0.2) is 6.29 Å². The van der Waals surface area contributed by atoms with Crippen LogP contribution in [0.2, 0.25) is 0 Å². The first-order valence-corrected chi connectivity index (χ1v) is 7.87. The number of ether oxygens (including phenoxy) is 2. The van der Waals surface area contributed by atoms with Gasteiger partial charge in [-0.05, 0) is 31.6 Å². The lowest BCUT2D eigenvalue weighted by Gasteiger charge is -2.44. The Bertz CT molecular complexity index is 326. The minimum Gasteiger partial charge on any atom is -0.352 e. The van der Waals surface area contributed by atoms with E-state index in [9.17, 15) is 0 Å². The third kappa shape index (κ3) is 3.22. The van der Waals surface area contributed by atoms with E-state index in [1.807, 2.05) is 0 Å². The van der Waals surface area contributed by atoms with Gasteiger partial charge in [-0.25, -0.2) is 0 Å². The maximum absolute atomic E-state index is 6.11. The summed E-state index contributed by atoms with van der Waals surface area (Å²) in [5.41, 5.74) is 1.71. The molecule has 0 saturated carbocycles. The van der Waals surface area contributed by atoms with Crippen LogP contribution in [0.5, 0.6) is 0 Å². The van der Waals surface area contributed by atoms with Crippen LogP contribution in [0.3, 0.4) is 0 Å². The highest BCUT2D eigenvalue weighted by molar-refractivity contribution is 5.06. The summed E-state index contributed by atoms with van der Waals surface area (Å²) in [6, 6.07) is 0. The molecule has 3 atom stereocenters. The van der Waals surface area contributed by atoms with Crippen LogP contribution < -0.4 is 0 Å². The maximum Gasteiger partial charge on any atom is 0.160 e. The molecule has 0 aromatic rings. The normalized spacial score (nSPS) is 41.7. The molecule has 0 aromatic carbocycles. The van der Waals surface area contributed by atoms with Gasteiger partial charge in [0.1, 0.15) is 0 Å². The fraction of sp³-hybridized carbons (Fsp3) is 0.882. The number of hydrogen-bond acceptors (Lipinski definition) is 2. The molecular formula is C17H30O2. The molecule has 1 aliphatic heterocycles. The van der Waals surface area contributed by atoms with Crippen LogP contribution in [0.15, 0.2) is 11.6 Å². The highest BCUT2D eigenvalue weighted by atomic mass is 16.7. The van der Waals surface area contributed by atoms with Crippen molar-refractivity contribution in [2.45, 2.75) is 60.2 Å². The van der Waals surface area contributed by atoms with Crippen molar-refractivity contribution in [2.75, 3.05) is 13.2 Å². The predicted octanol–water partition coefficient (Wildman–Crippen LogP) is 4.40. The lowest BCUT2D eigenvalue weighted by molar-refractivity contribution is -0.260. The summed E-state index contributed by atoms with van der Waals surface area (Å²) >= 11 is 0. The van der Waals surface area contributed by atoms with Gasteiger partial charge in [0.25, 0.3) is 0 Å². The van der Waals surface area contributed by atoms with E-state index in [1.54, 1.807) is 0 Å². The standard InChI is InChI=1S/C17H30O2/c1-6-14(4)17(5)10-18-16(19-11-17)15-8-7-12(2)9-13(15)3/h9,13-16H,6-8,10-11H2,1-5H3/t13-,14?,15-,16?,17?/m0/s1. The number of rotatable bonds is 3. The van der Waals surface area contributed by atoms with E-state index < -0.39 is 0 Å². The lowest BCUT2D eigenvalue weighted by atomic mass is 9.76. The van der Waals surface area contributed by atoms with E-state index in [1.165, 1.54) is 24.8 Å². The Labute approximate surface area is 118 Å². The highest BCUT2D eigenvalue weighted by Gasteiger charge is 2.40. The third-order valence-electron chi connectivity index (χ3n) is 5.40. The van der Waals surface area contributed by atoms with Crippen LogP contribution in [-0.4, -0.2) is 19.5 Å². The third-order valence-corrected chi connectivity index (χ3v) is 5.40. The molecule has 0 radical (unpaired) electrons. The molecule has 19 heavy (non-hydrogen) atoms. The summed E-state index contributed by atoms with van der Waals surface area (Å²) in [5.74, 6) is 1.76. The first-order valence-electron chi connectivity index (χ1n) is 7.87. The summed E-state index contributed by atoms with van der Waals surface area (Å²) < 4.78 is 12.2. The molecule has 1 unspecified atom stereocenters. The van der Waals surface area contributed by atoms with Gasteiger partial charge < -0.3 is 9.47 Å². The predicted molar refractivity (Wildman–Crippen MR) is 78.9 cm³/mol. The van der Waals surface area contributed by atoms with Crippen molar-refractivity contribution in [3.05, 3.63) is 11.6 Å². The molecule has 1 fully saturated rings. The molecule has 0 N–H and O–H groups in total. The maximum atomic E-state index is 6.11. The van der Waals surface area contributed by atoms with E-state index in [4.69, 9.17) is 9.47 Å². The van der Waals surface area contributed by atoms with Crippen LogP contribution in [-0.2, 0) is 9.47 Å². The molecule has 110 valence electrons. The monoisotopic (exact) mass is 266 g/mol. The Hall–Kier alpha value is -0.340. The average molecular weight is 266 g/mol. The van der Waals surface area contributed by atoms with E-state index in [0.717, 1.165) is 13.2 Å². The lowest BCUT2D eigenvalue weighted by Crippen LogP contribution is -2.47. The van der Waals surface area contributed by atoms with Gasteiger partial charge in [0.2, 0.25) is 0 Å². The van der Waals surface area contributed by atoms with Gasteiger partial charge in [-0.3, -0.25) is 0 Å². The number of hydrogen-bond donors (Lipinski definition) is 0. The van der Waals surface area contributed by atoms with Crippen molar-refractivity contribution in [3.8, 4) is 0 Å². The van der Waals surface area contributed by atoms with Gasteiger partial charge in [-0.2, -0.15) is 0 Å². The van der Waals surface area contributed by atoms with E-state index >= 15 is 0 Å². The molecule has 2 heteroatoms. The molecule has 2 rings (SSSR count). The Morgan fingerprint density at radius 2 is 2.00 bits per heavy atom. The first kappa shape index (κ1) is 15.1. The van der Waals surface area contributed by atoms with Crippen LogP contribution in [0.4, 0.5) is 0 Å². The minimum absolute atomic E-state index is 0.0106. The van der Waals surface area contributed by atoms with Crippen molar-refractivity contribution in [1.82, 2.24) is 0 Å². The largest absolute Gasteiger partial charge is 0.352 e. The minimum atomic E-state index is 0.0106. The summed E-state index contributed by atoms with van der Waals surface area (Å²) in [6.45, 7) is 13.1. The van der Waals surface area contributed by atoms with Crippen LogP contribution in [0.1, 0.15) is 53.9 Å². The Morgan fingerprint density at radius 3 is 2.53 bits per heavy atom. The molecule has 1 aliphatic carbocycles. The Morgan fingerprint density at radius 1 is 1.37 bits per heavy atom. The van der Waals surface area contributed by atoms with Gasteiger partial charge in [-0.15, -0.1) is 0 Å². The van der Waals surface area contributed by atoms with Crippen LogP contribution in [0, 0.1) is 23.2 Å². The van der Waals surface area contributed by atoms with Crippen molar-refractivity contribution in [2.24, 2.45) is 23.2 Å². The molecular weight excluding hydrogens is 236 g/mol.